The fraction of sp³-hybridized carbons (Fsp3) is 0.400. The van der Waals surface area contributed by atoms with Crippen molar-refractivity contribution in [3.63, 3.8) is 0 Å². The number of hydrogen-bond donors (Lipinski definition) is 2. The predicted molar refractivity (Wildman–Crippen MR) is 76.9 cm³/mol. The zero-order chi connectivity index (χ0) is 15.9. The zero-order valence-corrected chi connectivity index (χ0v) is 12.2. The van der Waals surface area contributed by atoms with Crippen molar-refractivity contribution in [1.82, 2.24) is 10.6 Å². The van der Waals surface area contributed by atoms with E-state index in [1.54, 1.807) is 0 Å². The van der Waals surface area contributed by atoms with Gasteiger partial charge in [-0.15, -0.1) is 0 Å². The van der Waals surface area contributed by atoms with E-state index in [2.05, 4.69) is 15.4 Å². The molecule has 0 spiro atoms. The summed E-state index contributed by atoms with van der Waals surface area (Å²) < 4.78 is 9.54. The second-order valence-corrected chi connectivity index (χ2v) is 4.93. The highest BCUT2D eigenvalue weighted by Gasteiger charge is 2.39. The number of nitrogens with one attached hydrogen (secondary N) is 2. The van der Waals surface area contributed by atoms with Crippen molar-refractivity contribution in [1.29, 1.82) is 0 Å². The fourth-order valence-electron chi connectivity index (χ4n) is 2.18. The van der Waals surface area contributed by atoms with E-state index in [1.807, 2.05) is 37.3 Å². The maximum absolute atomic E-state index is 11.8. The summed E-state index contributed by atoms with van der Waals surface area (Å²) in [6.07, 6.45) is -0.198. The minimum Gasteiger partial charge on any atom is -0.445 e. The van der Waals surface area contributed by atoms with E-state index in [0.717, 1.165) is 12.0 Å². The van der Waals surface area contributed by atoms with Crippen LogP contribution in [0.1, 0.15) is 25.3 Å². The Bertz CT molecular complexity index is 546. The molecule has 22 heavy (non-hydrogen) atoms. The summed E-state index contributed by atoms with van der Waals surface area (Å²) in [7, 11) is 0. The summed E-state index contributed by atoms with van der Waals surface area (Å²) in [5.74, 6) is -0.688. The number of ether oxygens (including phenoxy) is 2. The van der Waals surface area contributed by atoms with Crippen LogP contribution in [-0.4, -0.2) is 30.2 Å². The number of carbonyl (C=O) groups excluding carboxylic acids is 3. The van der Waals surface area contributed by atoms with Crippen LogP contribution in [0, 0.1) is 0 Å². The number of rotatable bonds is 6. The first kappa shape index (κ1) is 15.8. The number of benzene rings is 1. The maximum atomic E-state index is 11.8. The Kier molecular flexibility index (Phi) is 5.35. The van der Waals surface area contributed by atoms with Crippen molar-refractivity contribution in [2.24, 2.45) is 0 Å². The molecule has 2 unspecified atom stereocenters. The van der Waals surface area contributed by atoms with Crippen LogP contribution in [0.25, 0.3) is 0 Å². The van der Waals surface area contributed by atoms with E-state index in [0.29, 0.717) is 6.42 Å². The first-order valence-corrected chi connectivity index (χ1v) is 7.09. The number of cyclic esters (lactones) is 2. The van der Waals surface area contributed by atoms with Gasteiger partial charge in [-0.2, -0.15) is 0 Å². The molecular formula is C15H18N2O5. The molecule has 0 saturated carbocycles. The molecule has 2 amide bonds. The van der Waals surface area contributed by atoms with Crippen LogP contribution in [0.3, 0.4) is 0 Å². The van der Waals surface area contributed by atoms with E-state index >= 15 is 0 Å². The SMILES string of the molecule is CCCC(NC(=O)OCc1ccccc1)C1NC(=O)OC1=O. The summed E-state index contributed by atoms with van der Waals surface area (Å²) in [5.41, 5.74) is 0.860. The Morgan fingerprint density at radius 2 is 2.09 bits per heavy atom. The van der Waals surface area contributed by atoms with Gasteiger partial charge in [-0.25, -0.2) is 14.4 Å². The van der Waals surface area contributed by atoms with Crippen molar-refractivity contribution < 1.29 is 23.9 Å². The van der Waals surface area contributed by atoms with Gasteiger partial charge < -0.3 is 20.1 Å². The van der Waals surface area contributed by atoms with Gasteiger partial charge in [-0.1, -0.05) is 43.7 Å². The van der Waals surface area contributed by atoms with Crippen molar-refractivity contribution in [2.45, 2.75) is 38.5 Å². The van der Waals surface area contributed by atoms with Crippen LogP contribution in [0.15, 0.2) is 30.3 Å². The first-order chi connectivity index (χ1) is 10.6. The second-order valence-electron chi connectivity index (χ2n) is 4.93. The highest BCUT2D eigenvalue weighted by molar-refractivity contribution is 5.96. The summed E-state index contributed by atoms with van der Waals surface area (Å²) in [4.78, 5) is 34.5. The lowest BCUT2D eigenvalue weighted by Gasteiger charge is -2.21. The molecule has 1 aromatic rings. The van der Waals surface area contributed by atoms with Crippen LogP contribution in [-0.2, 0) is 20.9 Å². The fourth-order valence-corrected chi connectivity index (χ4v) is 2.18. The Balaban J connectivity index is 1.88. The highest BCUT2D eigenvalue weighted by atomic mass is 16.6. The number of carbonyl (C=O) groups is 3. The topological polar surface area (TPSA) is 93.7 Å². The third kappa shape index (κ3) is 4.21. The standard InChI is InChI=1S/C15H18N2O5/c1-2-6-11(12-13(18)22-15(20)17-12)16-14(19)21-9-10-7-4-3-5-8-10/h3-5,7-8,11-12H,2,6,9H2,1H3,(H,16,19)(H,17,20). The molecule has 1 aliphatic heterocycles. The molecule has 0 aliphatic carbocycles. The molecule has 118 valence electrons. The van der Waals surface area contributed by atoms with Crippen molar-refractivity contribution in [3.05, 3.63) is 35.9 Å². The summed E-state index contributed by atoms with van der Waals surface area (Å²) >= 11 is 0. The minimum atomic E-state index is -0.878. The molecule has 0 radical (unpaired) electrons. The van der Waals surface area contributed by atoms with Crippen LogP contribution in [0.4, 0.5) is 9.59 Å². The van der Waals surface area contributed by atoms with Crippen molar-refractivity contribution in [2.75, 3.05) is 0 Å². The molecule has 7 heteroatoms. The van der Waals surface area contributed by atoms with E-state index in [1.165, 1.54) is 0 Å². The normalized spacial score (nSPS) is 18.3. The Labute approximate surface area is 128 Å². The molecule has 2 atom stereocenters. The van der Waals surface area contributed by atoms with Crippen molar-refractivity contribution >= 4 is 18.2 Å². The average Bonchev–Trinajstić information content (AvgIpc) is 2.84. The van der Waals surface area contributed by atoms with E-state index in [4.69, 9.17) is 4.74 Å². The zero-order valence-electron chi connectivity index (χ0n) is 12.2. The quantitative estimate of drug-likeness (QED) is 0.616. The molecule has 0 bridgehead atoms. The molecule has 1 saturated heterocycles. The Morgan fingerprint density at radius 3 is 2.68 bits per heavy atom. The predicted octanol–water partition coefficient (Wildman–Crippen LogP) is 1.72. The smallest absolute Gasteiger partial charge is 0.415 e. The third-order valence-corrected chi connectivity index (χ3v) is 3.24. The average molecular weight is 306 g/mol. The molecule has 0 aromatic heterocycles. The van der Waals surface area contributed by atoms with Crippen molar-refractivity contribution in [3.8, 4) is 0 Å². The van der Waals surface area contributed by atoms with Crippen LogP contribution in [0.5, 0.6) is 0 Å². The molecule has 1 aliphatic rings. The minimum absolute atomic E-state index is 0.132. The lowest BCUT2D eigenvalue weighted by atomic mass is 10.0. The molecular weight excluding hydrogens is 288 g/mol. The van der Waals surface area contributed by atoms with Gasteiger partial charge in [0.2, 0.25) is 0 Å². The number of alkyl carbamates (subject to hydrolysis) is 2. The van der Waals surface area contributed by atoms with Crippen LogP contribution in [0.2, 0.25) is 0 Å². The van der Waals surface area contributed by atoms with Gasteiger partial charge in [0.1, 0.15) is 6.61 Å². The van der Waals surface area contributed by atoms with Gasteiger partial charge >= 0.3 is 18.2 Å². The van der Waals surface area contributed by atoms with Gasteiger partial charge in [-0.3, -0.25) is 0 Å². The van der Waals surface area contributed by atoms with Crippen LogP contribution < -0.4 is 10.6 Å². The number of hydrogen-bond acceptors (Lipinski definition) is 5. The van der Waals surface area contributed by atoms with E-state index in [9.17, 15) is 14.4 Å². The summed E-state index contributed by atoms with van der Waals surface area (Å²) in [6, 6.07) is 7.80. The van der Waals surface area contributed by atoms with E-state index < -0.39 is 30.2 Å². The lowest BCUT2D eigenvalue weighted by Crippen LogP contribution is -2.50. The van der Waals surface area contributed by atoms with Gasteiger partial charge in [-0.05, 0) is 12.0 Å². The maximum Gasteiger partial charge on any atom is 0.415 e. The molecule has 2 rings (SSSR count). The van der Waals surface area contributed by atoms with Gasteiger partial charge in [0.15, 0.2) is 6.04 Å². The monoisotopic (exact) mass is 306 g/mol. The largest absolute Gasteiger partial charge is 0.445 e. The Hall–Kier alpha value is -2.57. The molecule has 7 nitrogen and oxygen atoms in total. The number of esters is 1. The highest BCUT2D eigenvalue weighted by Crippen LogP contribution is 2.11. The van der Waals surface area contributed by atoms with E-state index in [-0.39, 0.29) is 6.61 Å². The van der Waals surface area contributed by atoms with Gasteiger partial charge in [0.25, 0.3) is 0 Å². The molecule has 1 heterocycles. The first-order valence-electron chi connectivity index (χ1n) is 7.09. The lowest BCUT2D eigenvalue weighted by molar-refractivity contribution is -0.135. The molecule has 1 aromatic carbocycles. The van der Waals surface area contributed by atoms with Gasteiger partial charge in [0, 0.05) is 0 Å². The van der Waals surface area contributed by atoms with Gasteiger partial charge in [0.05, 0.1) is 6.04 Å². The number of amides is 2. The summed E-state index contributed by atoms with van der Waals surface area (Å²) in [5, 5.41) is 4.99. The third-order valence-electron chi connectivity index (χ3n) is 3.24. The second kappa shape index (κ2) is 7.44. The summed E-state index contributed by atoms with van der Waals surface area (Å²) in [6.45, 7) is 2.04. The Morgan fingerprint density at radius 1 is 1.36 bits per heavy atom. The molecule has 2 N–H and O–H groups in total. The molecule has 1 fully saturated rings. The van der Waals surface area contributed by atoms with Crippen LogP contribution >= 0.6 is 0 Å².